The summed E-state index contributed by atoms with van der Waals surface area (Å²) in [5.41, 5.74) is 2.38. The third-order valence-electron chi connectivity index (χ3n) is 4.64. The van der Waals surface area contributed by atoms with Gasteiger partial charge in [-0.15, -0.1) is 0 Å². The first-order valence-corrected chi connectivity index (χ1v) is 11.1. The number of hydrogen-bond acceptors (Lipinski definition) is 4. The second kappa shape index (κ2) is 11.8. The Morgan fingerprint density at radius 3 is 2.24 bits per heavy atom. The van der Waals surface area contributed by atoms with E-state index in [1.165, 1.54) is 0 Å². The molecule has 0 fully saturated rings. The van der Waals surface area contributed by atoms with Gasteiger partial charge in [0.25, 0.3) is 11.8 Å². The van der Waals surface area contributed by atoms with Gasteiger partial charge in [0.2, 0.25) is 0 Å². The molecule has 3 rings (SSSR count). The van der Waals surface area contributed by atoms with Crippen LogP contribution in [-0.4, -0.2) is 23.5 Å². The number of carbonyl (C=O) groups excluding carboxylic acids is 2. The van der Waals surface area contributed by atoms with Crippen molar-refractivity contribution in [2.45, 2.75) is 20.4 Å². The van der Waals surface area contributed by atoms with E-state index < -0.39 is 0 Å². The predicted octanol–water partition coefficient (Wildman–Crippen LogP) is 4.78. The summed E-state index contributed by atoms with van der Waals surface area (Å²) in [6.07, 6.45) is 0. The maximum atomic E-state index is 12.7. The summed E-state index contributed by atoms with van der Waals surface area (Å²) >= 11 is 5.30. The van der Waals surface area contributed by atoms with E-state index in [9.17, 15) is 9.59 Å². The van der Waals surface area contributed by atoms with E-state index >= 15 is 0 Å². The summed E-state index contributed by atoms with van der Waals surface area (Å²) in [7, 11) is 0. The Morgan fingerprint density at radius 1 is 0.879 bits per heavy atom. The minimum absolute atomic E-state index is 0.100. The van der Waals surface area contributed by atoms with E-state index in [1.54, 1.807) is 48.5 Å². The fourth-order valence-corrected chi connectivity index (χ4v) is 3.16. The maximum absolute atomic E-state index is 12.7. The lowest BCUT2D eigenvalue weighted by atomic mass is 10.1. The van der Waals surface area contributed by atoms with Gasteiger partial charge >= 0.3 is 0 Å². The first-order valence-electron chi connectivity index (χ1n) is 10.7. The van der Waals surface area contributed by atoms with Gasteiger partial charge < -0.3 is 15.4 Å². The van der Waals surface area contributed by atoms with Gasteiger partial charge in [-0.2, -0.15) is 0 Å². The zero-order valence-corrected chi connectivity index (χ0v) is 19.4. The molecule has 3 aromatic carbocycles. The van der Waals surface area contributed by atoms with Crippen LogP contribution in [0.5, 0.6) is 5.75 Å². The molecule has 3 N–H and O–H groups in total. The SMILES string of the molecule is CC(C)COc1ccc(C(=O)NC(=S)Nc2ccccc2C(=O)NCc2ccccc2)cc1. The van der Waals surface area contributed by atoms with Crippen LogP contribution in [0.4, 0.5) is 5.69 Å². The molecule has 6 nitrogen and oxygen atoms in total. The second-order valence-electron chi connectivity index (χ2n) is 7.85. The van der Waals surface area contributed by atoms with Crippen LogP contribution in [0.25, 0.3) is 0 Å². The third kappa shape index (κ3) is 7.43. The molecule has 3 aromatic rings. The summed E-state index contributed by atoms with van der Waals surface area (Å²) in [5, 5.41) is 8.59. The van der Waals surface area contributed by atoms with E-state index in [1.807, 2.05) is 30.3 Å². The Kier molecular flexibility index (Phi) is 8.55. The van der Waals surface area contributed by atoms with Crippen LogP contribution < -0.4 is 20.7 Å². The molecule has 0 unspecified atom stereocenters. The van der Waals surface area contributed by atoms with Crippen LogP contribution in [0.15, 0.2) is 78.9 Å². The molecule has 0 radical (unpaired) electrons. The molecule has 0 aromatic heterocycles. The summed E-state index contributed by atoms with van der Waals surface area (Å²) in [6.45, 7) is 5.16. The average molecular weight is 462 g/mol. The lowest BCUT2D eigenvalue weighted by Gasteiger charge is -2.14. The van der Waals surface area contributed by atoms with Crippen molar-refractivity contribution in [1.82, 2.24) is 10.6 Å². The van der Waals surface area contributed by atoms with Crippen LogP contribution in [0.3, 0.4) is 0 Å². The van der Waals surface area contributed by atoms with Crippen molar-refractivity contribution in [1.29, 1.82) is 0 Å². The van der Waals surface area contributed by atoms with Crippen LogP contribution in [0.2, 0.25) is 0 Å². The molecule has 0 bridgehead atoms. The van der Waals surface area contributed by atoms with Gasteiger partial charge in [-0.05, 0) is 60.1 Å². The predicted molar refractivity (Wildman–Crippen MR) is 135 cm³/mol. The minimum Gasteiger partial charge on any atom is -0.493 e. The fourth-order valence-electron chi connectivity index (χ4n) is 2.96. The Morgan fingerprint density at radius 2 is 1.55 bits per heavy atom. The number of ether oxygens (including phenoxy) is 1. The summed E-state index contributed by atoms with van der Waals surface area (Å²) in [4.78, 5) is 25.2. The van der Waals surface area contributed by atoms with Crippen molar-refractivity contribution in [2.24, 2.45) is 5.92 Å². The highest BCUT2D eigenvalue weighted by Crippen LogP contribution is 2.16. The fraction of sp³-hybridized carbons (Fsp3) is 0.192. The van der Waals surface area contributed by atoms with Crippen molar-refractivity contribution < 1.29 is 14.3 Å². The lowest BCUT2D eigenvalue weighted by molar-refractivity contribution is 0.0950. The van der Waals surface area contributed by atoms with Gasteiger partial charge in [0, 0.05) is 12.1 Å². The van der Waals surface area contributed by atoms with E-state index in [-0.39, 0.29) is 16.9 Å². The van der Waals surface area contributed by atoms with Gasteiger partial charge in [0.1, 0.15) is 5.75 Å². The molecule has 0 spiro atoms. The molecule has 0 aliphatic carbocycles. The molecule has 0 heterocycles. The topological polar surface area (TPSA) is 79.5 Å². The van der Waals surface area contributed by atoms with E-state index in [2.05, 4.69) is 29.8 Å². The van der Waals surface area contributed by atoms with Crippen molar-refractivity contribution in [3.63, 3.8) is 0 Å². The third-order valence-corrected chi connectivity index (χ3v) is 4.85. The maximum Gasteiger partial charge on any atom is 0.257 e. The number of thiocarbonyl (C=S) groups is 1. The molecule has 170 valence electrons. The molecule has 0 aliphatic rings. The first-order chi connectivity index (χ1) is 15.9. The smallest absolute Gasteiger partial charge is 0.257 e. The van der Waals surface area contributed by atoms with Gasteiger partial charge in [0.15, 0.2) is 5.11 Å². The average Bonchev–Trinajstić information content (AvgIpc) is 2.82. The molecule has 0 aliphatic heterocycles. The van der Waals surface area contributed by atoms with Crippen LogP contribution in [0.1, 0.15) is 40.1 Å². The zero-order valence-electron chi connectivity index (χ0n) is 18.6. The Bertz CT molecular complexity index is 1100. The first kappa shape index (κ1) is 23.9. The van der Waals surface area contributed by atoms with Crippen molar-refractivity contribution in [2.75, 3.05) is 11.9 Å². The van der Waals surface area contributed by atoms with E-state index in [4.69, 9.17) is 17.0 Å². The van der Waals surface area contributed by atoms with E-state index in [0.29, 0.717) is 41.6 Å². The van der Waals surface area contributed by atoms with Crippen LogP contribution in [0, 0.1) is 5.92 Å². The Hall–Kier alpha value is -3.71. The molecular formula is C26H27N3O3S. The quantitative estimate of drug-likeness (QED) is 0.421. The summed E-state index contributed by atoms with van der Waals surface area (Å²) < 4.78 is 5.64. The van der Waals surface area contributed by atoms with Crippen molar-refractivity contribution in [3.05, 3.63) is 95.6 Å². The summed E-state index contributed by atoms with van der Waals surface area (Å²) in [5.74, 6) is 0.526. The molecule has 0 saturated heterocycles. The number of hydrogen-bond donors (Lipinski definition) is 3. The minimum atomic E-state index is -0.353. The number of para-hydroxylation sites is 1. The molecule has 7 heteroatoms. The standard InChI is InChI=1S/C26H27N3O3S/c1-18(2)17-32-21-14-12-20(13-15-21)24(30)29-26(33)28-23-11-7-6-10-22(23)25(31)27-16-19-8-4-3-5-9-19/h3-15,18H,16-17H2,1-2H3,(H,27,31)(H2,28,29,30,33). The second-order valence-corrected chi connectivity index (χ2v) is 8.26. The van der Waals surface area contributed by atoms with Gasteiger partial charge in [0.05, 0.1) is 17.9 Å². The Labute approximate surface area is 199 Å². The summed E-state index contributed by atoms with van der Waals surface area (Å²) in [6, 6.07) is 23.5. The lowest BCUT2D eigenvalue weighted by Crippen LogP contribution is -2.35. The highest BCUT2D eigenvalue weighted by molar-refractivity contribution is 7.80. The number of rotatable bonds is 8. The van der Waals surface area contributed by atoms with Crippen molar-refractivity contribution in [3.8, 4) is 5.75 Å². The number of nitrogens with one attached hydrogen (secondary N) is 3. The van der Waals surface area contributed by atoms with Crippen molar-refractivity contribution >= 4 is 34.8 Å². The van der Waals surface area contributed by atoms with Gasteiger partial charge in [-0.1, -0.05) is 56.3 Å². The molecular weight excluding hydrogens is 434 g/mol. The Balaban J connectivity index is 1.58. The number of amides is 2. The number of benzene rings is 3. The molecule has 33 heavy (non-hydrogen) atoms. The molecule has 2 amide bonds. The van der Waals surface area contributed by atoms with Crippen LogP contribution in [-0.2, 0) is 6.54 Å². The highest BCUT2D eigenvalue weighted by Gasteiger charge is 2.14. The normalized spacial score (nSPS) is 10.4. The van der Waals surface area contributed by atoms with Gasteiger partial charge in [-0.25, -0.2) is 0 Å². The largest absolute Gasteiger partial charge is 0.493 e. The zero-order chi connectivity index (χ0) is 23.6. The number of anilines is 1. The molecule has 0 atom stereocenters. The molecule has 0 saturated carbocycles. The van der Waals surface area contributed by atoms with E-state index in [0.717, 1.165) is 5.56 Å². The van der Waals surface area contributed by atoms with Gasteiger partial charge in [-0.3, -0.25) is 14.9 Å². The number of carbonyl (C=O) groups is 2. The monoisotopic (exact) mass is 461 g/mol. The van der Waals surface area contributed by atoms with Crippen LogP contribution >= 0.6 is 12.2 Å². The highest BCUT2D eigenvalue weighted by atomic mass is 32.1.